The number of carbonyl (C=O) groups is 1. The first-order chi connectivity index (χ1) is 9.83. The summed E-state index contributed by atoms with van der Waals surface area (Å²) in [4.78, 5) is 11.5. The second-order valence-corrected chi connectivity index (χ2v) is 5.39. The summed E-state index contributed by atoms with van der Waals surface area (Å²) in [6.07, 6.45) is -4.32. The van der Waals surface area contributed by atoms with Gasteiger partial charge in [-0.2, -0.15) is 13.2 Å². The lowest BCUT2D eigenvalue weighted by Crippen LogP contribution is -2.35. The molecule has 0 aliphatic rings. The normalized spacial score (nSPS) is 11.6. The third-order valence-electron chi connectivity index (χ3n) is 2.70. The average molecular weight is 361 g/mol. The molecular formula is C14H12BrF3N2O. The van der Waals surface area contributed by atoms with Gasteiger partial charge in [0.25, 0.3) is 0 Å². The van der Waals surface area contributed by atoms with E-state index in [1.807, 2.05) is 29.6 Å². The van der Waals surface area contributed by atoms with E-state index in [0.717, 1.165) is 15.2 Å². The molecule has 0 spiro atoms. The van der Waals surface area contributed by atoms with Crippen molar-refractivity contribution in [1.29, 1.82) is 0 Å². The number of alkyl halides is 3. The number of nitrogens with one attached hydrogen (secondary N) is 2. The van der Waals surface area contributed by atoms with Gasteiger partial charge < -0.3 is 10.6 Å². The maximum atomic E-state index is 11.9. The van der Waals surface area contributed by atoms with Crippen LogP contribution >= 0.6 is 15.9 Å². The highest BCUT2D eigenvalue weighted by Crippen LogP contribution is 2.22. The predicted octanol–water partition coefficient (Wildman–Crippen LogP) is 3.69. The predicted molar refractivity (Wildman–Crippen MR) is 79.2 cm³/mol. The highest BCUT2D eigenvalue weighted by Gasteiger charge is 2.26. The Morgan fingerprint density at radius 3 is 2.48 bits per heavy atom. The Bertz CT molecular complexity index is 658. The molecule has 0 fully saturated rings. The zero-order valence-corrected chi connectivity index (χ0v) is 12.4. The van der Waals surface area contributed by atoms with Crippen molar-refractivity contribution in [2.24, 2.45) is 0 Å². The van der Waals surface area contributed by atoms with Gasteiger partial charge in [0.2, 0.25) is 5.91 Å². The van der Waals surface area contributed by atoms with Gasteiger partial charge in [-0.05, 0) is 35.0 Å². The van der Waals surface area contributed by atoms with Crippen LogP contribution in [0.15, 0.2) is 40.9 Å². The van der Waals surface area contributed by atoms with Crippen LogP contribution in [-0.4, -0.2) is 25.2 Å². The van der Waals surface area contributed by atoms with Gasteiger partial charge in [-0.25, -0.2) is 0 Å². The molecule has 0 saturated heterocycles. The van der Waals surface area contributed by atoms with Crippen molar-refractivity contribution in [3.63, 3.8) is 0 Å². The van der Waals surface area contributed by atoms with Gasteiger partial charge in [0.15, 0.2) is 0 Å². The summed E-state index contributed by atoms with van der Waals surface area (Å²) in [5.41, 5.74) is 0.545. The molecule has 0 aromatic heterocycles. The van der Waals surface area contributed by atoms with Crippen molar-refractivity contribution in [1.82, 2.24) is 5.32 Å². The van der Waals surface area contributed by atoms with Gasteiger partial charge in [-0.3, -0.25) is 4.79 Å². The van der Waals surface area contributed by atoms with E-state index in [2.05, 4.69) is 21.2 Å². The second-order valence-electron chi connectivity index (χ2n) is 4.47. The molecule has 0 aliphatic heterocycles. The molecule has 7 heteroatoms. The lowest BCUT2D eigenvalue weighted by molar-refractivity contribution is -0.126. The fraction of sp³-hybridized carbons (Fsp3) is 0.214. The minimum Gasteiger partial charge on any atom is -0.325 e. The van der Waals surface area contributed by atoms with E-state index < -0.39 is 25.2 Å². The standard InChI is InChI=1S/C14H12BrF3N2O/c15-11-3-1-10-6-12(4-2-9(10)5-11)20-13(21)7-19-8-14(16,17)18/h1-6,19H,7-8H2,(H,20,21). The molecule has 2 aromatic rings. The van der Waals surface area contributed by atoms with E-state index in [0.29, 0.717) is 5.69 Å². The molecule has 0 radical (unpaired) electrons. The molecule has 0 aliphatic carbocycles. The third kappa shape index (κ3) is 5.02. The van der Waals surface area contributed by atoms with Crippen molar-refractivity contribution < 1.29 is 18.0 Å². The number of carbonyl (C=O) groups excluding carboxylic acids is 1. The van der Waals surface area contributed by atoms with E-state index in [9.17, 15) is 18.0 Å². The smallest absolute Gasteiger partial charge is 0.325 e. The van der Waals surface area contributed by atoms with Crippen molar-refractivity contribution in [2.45, 2.75) is 6.18 Å². The summed E-state index contributed by atoms with van der Waals surface area (Å²) < 4.78 is 36.8. The van der Waals surface area contributed by atoms with Crippen LogP contribution in [0.3, 0.4) is 0 Å². The number of hydrogen-bond donors (Lipinski definition) is 2. The van der Waals surface area contributed by atoms with Crippen molar-refractivity contribution >= 4 is 38.3 Å². The zero-order valence-electron chi connectivity index (χ0n) is 10.8. The van der Waals surface area contributed by atoms with Gasteiger partial charge >= 0.3 is 6.18 Å². The molecule has 0 heterocycles. The van der Waals surface area contributed by atoms with Crippen LogP contribution in [0.5, 0.6) is 0 Å². The number of hydrogen-bond acceptors (Lipinski definition) is 2. The summed E-state index contributed by atoms with van der Waals surface area (Å²) in [5, 5.41) is 6.53. The number of fused-ring (bicyclic) bond motifs is 1. The van der Waals surface area contributed by atoms with Crippen LogP contribution in [0.1, 0.15) is 0 Å². The molecular weight excluding hydrogens is 349 g/mol. The quantitative estimate of drug-likeness (QED) is 0.872. The maximum Gasteiger partial charge on any atom is 0.401 e. The minimum atomic E-state index is -4.32. The fourth-order valence-corrected chi connectivity index (χ4v) is 2.20. The maximum absolute atomic E-state index is 11.9. The Kier molecular flexibility index (Phi) is 4.84. The molecule has 112 valence electrons. The molecule has 21 heavy (non-hydrogen) atoms. The average Bonchev–Trinajstić information content (AvgIpc) is 2.37. The lowest BCUT2D eigenvalue weighted by atomic mass is 10.1. The Labute approximate surface area is 127 Å². The van der Waals surface area contributed by atoms with Gasteiger partial charge in [0.1, 0.15) is 0 Å². The number of anilines is 1. The summed E-state index contributed by atoms with van der Waals surface area (Å²) >= 11 is 3.37. The van der Waals surface area contributed by atoms with Crippen LogP contribution in [0.4, 0.5) is 18.9 Å². The van der Waals surface area contributed by atoms with Crippen molar-refractivity contribution in [2.75, 3.05) is 18.4 Å². The summed E-state index contributed by atoms with van der Waals surface area (Å²) in [6, 6.07) is 11.0. The second kappa shape index (κ2) is 6.44. The van der Waals surface area contributed by atoms with Crippen molar-refractivity contribution in [3.05, 3.63) is 40.9 Å². The van der Waals surface area contributed by atoms with E-state index in [4.69, 9.17) is 0 Å². The molecule has 3 nitrogen and oxygen atoms in total. The highest BCUT2D eigenvalue weighted by atomic mass is 79.9. The van der Waals surface area contributed by atoms with Gasteiger partial charge in [0.05, 0.1) is 13.1 Å². The van der Waals surface area contributed by atoms with Gasteiger partial charge in [-0.15, -0.1) is 0 Å². The number of benzene rings is 2. The summed E-state index contributed by atoms with van der Waals surface area (Å²) in [5.74, 6) is -0.518. The molecule has 2 rings (SSSR count). The molecule has 0 bridgehead atoms. The van der Waals surface area contributed by atoms with E-state index >= 15 is 0 Å². The topological polar surface area (TPSA) is 41.1 Å². The van der Waals surface area contributed by atoms with E-state index in [1.54, 1.807) is 12.1 Å². The summed E-state index contributed by atoms with van der Waals surface area (Å²) in [6.45, 7) is -1.58. The fourth-order valence-electron chi connectivity index (χ4n) is 1.82. The van der Waals surface area contributed by atoms with Crippen LogP contribution in [0, 0.1) is 0 Å². The van der Waals surface area contributed by atoms with Crippen LogP contribution < -0.4 is 10.6 Å². The first kappa shape index (κ1) is 15.8. The Morgan fingerprint density at radius 2 is 1.76 bits per heavy atom. The number of rotatable bonds is 4. The monoisotopic (exact) mass is 360 g/mol. The molecule has 2 N–H and O–H groups in total. The van der Waals surface area contributed by atoms with E-state index in [1.165, 1.54) is 0 Å². The first-order valence-corrected chi connectivity index (χ1v) is 6.89. The van der Waals surface area contributed by atoms with E-state index in [-0.39, 0.29) is 0 Å². The molecule has 1 amide bonds. The van der Waals surface area contributed by atoms with Crippen molar-refractivity contribution in [3.8, 4) is 0 Å². The lowest BCUT2D eigenvalue weighted by Gasteiger charge is -2.09. The number of halogens is 4. The Balaban J connectivity index is 1.96. The minimum absolute atomic E-state index is 0.391. The van der Waals surface area contributed by atoms with Gasteiger partial charge in [0, 0.05) is 10.2 Å². The Hall–Kier alpha value is -1.60. The van der Waals surface area contributed by atoms with Gasteiger partial charge in [-0.1, -0.05) is 28.1 Å². The molecule has 0 unspecified atom stereocenters. The summed E-state index contributed by atoms with van der Waals surface area (Å²) in [7, 11) is 0. The number of amides is 1. The molecule has 0 atom stereocenters. The largest absolute Gasteiger partial charge is 0.401 e. The highest BCUT2D eigenvalue weighted by molar-refractivity contribution is 9.10. The third-order valence-corrected chi connectivity index (χ3v) is 3.19. The molecule has 2 aromatic carbocycles. The first-order valence-electron chi connectivity index (χ1n) is 6.10. The van der Waals surface area contributed by atoms with Crippen LogP contribution in [0.25, 0.3) is 10.8 Å². The molecule has 0 saturated carbocycles. The van der Waals surface area contributed by atoms with Crippen LogP contribution in [-0.2, 0) is 4.79 Å². The Morgan fingerprint density at radius 1 is 1.10 bits per heavy atom. The van der Waals surface area contributed by atoms with Crippen LogP contribution in [0.2, 0.25) is 0 Å². The SMILES string of the molecule is O=C(CNCC(F)(F)F)Nc1ccc2cc(Br)ccc2c1. The zero-order chi connectivity index (χ0) is 15.5.